The first-order valence-corrected chi connectivity index (χ1v) is 8.28. The highest BCUT2D eigenvalue weighted by atomic mass is 16.2. The van der Waals surface area contributed by atoms with Gasteiger partial charge in [-0.3, -0.25) is 14.6 Å². The topological polar surface area (TPSA) is 71.1 Å². The smallest absolute Gasteiger partial charge is 0.255 e. The zero-order valence-corrected chi connectivity index (χ0v) is 14.4. The van der Waals surface area contributed by atoms with Gasteiger partial charge >= 0.3 is 0 Å². The van der Waals surface area contributed by atoms with E-state index < -0.39 is 0 Å². The van der Waals surface area contributed by atoms with Gasteiger partial charge in [-0.25, -0.2) is 0 Å². The van der Waals surface area contributed by atoms with Crippen molar-refractivity contribution in [2.45, 2.75) is 13.5 Å². The number of aromatic nitrogens is 1. The lowest BCUT2D eigenvalue weighted by Crippen LogP contribution is -2.23. The first kappa shape index (κ1) is 17.4. The first-order valence-electron chi connectivity index (χ1n) is 8.28. The average Bonchev–Trinajstić information content (AvgIpc) is 2.69. The summed E-state index contributed by atoms with van der Waals surface area (Å²) >= 11 is 0. The molecule has 26 heavy (non-hydrogen) atoms. The van der Waals surface area contributed by atoms with Gasteiger partial charge in [-0.05, 0) is 49.4 Å². The molecule has 0 saturated carbocycles. The molecule has 3 aromatic rings. The van der Waals surface area contributed by atoms with Gasteiger partial charge in [0.15, 0.2) is 0 Å². The molecule has 0 aliphatic heterocycles. The van der Waals surface area contributed by atoms with Gasteiger partial charge in [0.2, 0.25) is 0 Å². The van der Waals surface area contributed by atoms with Gasteiger partial charge in [0.05, 0.1) is 12.2 Å². The van der Waals surface area contributed by atoms with Crippen LogP contribution in [0.1, 0.15) is 32.0 Å². The molecule has 3 rings (SSSR count). The van der Waals surface area contributed by atoms with Crippen LogP contribution in [0.3, 0.4) is 0 Å². The van der Waals surface area contributed by atoms with E-state index in [9.17, 15) is 9.59 Å². The van der Waals surface area contributed by atoms with Crippen molar-refractivity contribution in [1.29, 1.82) is 0 Å². The summed E-state index contributed by atoms with van der Waals surface area (Å²) in [6.07, 6.45) is 1.68. The van der Waals surface area contributed by atoms with Crippen molar-refractivity contribution in [2.24, 2.45) is 0 Å². The van der Waals surface area contributed by atoms with Gasteiger partial charge in [-0.1, -0.05) is 29.8 Å². The maximum absolute atomic E-state index is 12.4. The summed E-state index contributed by atoms with van der Waals surface area (Å²) in [6.45, 7) is 2.32. The van der Waals surface area contributed by atoms with Gasteiger partial charge in [-0.2, -0.15) is 0 Å². The summed E-state index contributed by atoms with van der Waals surface area (Å²) in [4.78, 5) is 28.9. The van der Waals surface area contributed by atoms with Crippen LogP contribution in [-0.4, -0.2) is 16.8 Å². The predicted molar refractivity (Wildman–Crippen MR) is 101 cm³/mol. The molecule has 5 nitrogen and oxygen atoms in total. The van der Waals surface area contributed by atoms with Gasteiger partial charge in [0.25, 0.3) is 11.8 Å². The van der Waals surface area contributed by atoms with Gasteiger partial charge in [0, 0.05) is 23.0 Å². The first-order chi connectivity index (χ1) is 12.6. The Morgan fingerprint density at radius 2 is 1.62 bits per heavy atom. The molecule has 0 atom stereocenters. The summed E-state index contributed by atoms with van der Waals surface area (Å²) in [5.74, 6) is -0.506. The fraction of sp³-hybridized carbons (Fsp3) is 0.0952. The Labute approximate surface area is 152 Å². The van der Waals surface area contributed by atoms with Crippen LogP contribution >= 0.6 is 0 Å². The Bertz CT molecular complexity index is 906. The molecule has 1 aromatic heterocycles. The van der Waals surface area contributed by atoms with Crippen molar-refractivity contribution < 1.29 is 9.59 Å². The number of amides is 2. The van der Waals surface area contributed by atoms with Crippen molar-refractivity contribution in [2.75, 3.05) is 5.32 Å². The van der Waals surface area contributed by atoms with Crippen molar-refractivity contribution in [3.63, 3.8) is 0 Å². The molecule has 5 heteroatoms. The summed E-state index contributed by atoms with van der Waals surface area (Å²) in [5.41, 5.74) is 3.46. The van der Waals surface area contributed by atoms with E-state index in [0.717, 1.165) is 11.3 Å². The van der Waals surface area contributed by atoms with Gasteiger partial charge < -0.3 is 10.6 Å². The van der Waals surface area contributed by atoms with Crippen LogP contribution in [-0.2, 0) is 6.54 Å². The van der Waals surface area contributed by atoms with E-state index in [4.69, 9.17) is 0 Å². The molecule has 0 spiro atoms. The molecule has 130 valence electrons. The molecular weight excluding hydrogens is 326 g/mol. The molecule has 0 aliphatic carbocycles. The van der Waals surface area contributed by atoms with Crippen molar-refractivity contribution >= 4 is 17.5 Å². The van der Waals surface area contributed by atoms with Gasteiger partial charge in [-0.15, -0.1) is 0 Å². The van der Waals surface area contributed by atoms with Crippen molar-refractivity contribution in [3.8, 4) is 0 Å². The van der Waals surface area contributed by atoms with Crippen molar-refractivity contribution in [3.05, 3.63) is 95.3 Å². The monoisotopic (exact) mass is 345 g/mol. The molecule has 0 saturated heterocycles. The standard InChI is InChI=1S/C21H19N3O2/c1-15-8-10-18(11-9-15)24-21(26)17-6-4-5-16(13-17)20(25)23-14-19-7-2-3-12-22-19/h2-13H,14H2,1H3,(H,23,25)(H,24,26). The van der Waals surface area contributed by atoms with Crippen LogP contribution in [0, 0.1) is 6.92 Å². The highest BCUT2D eigenvalue weighted by Gasteiger charge is 2.11. The minimum Gasteiger partial charge on any atom is -0.346 e. The van der Waals surface area contributed by atoms with Crippen LogP contribution in [0.2, 0.25) is 0 Å². The zero-order valence-electron chi connectivity index (χ0n) is 14.4. The van der Waals surface area contributed by atoms with E-state index in [1.807, 2.05) is 49.4 Å². The average molecular weight is 345 g/mol. The largest absolute Gasteiger partial charge is 0.346 e. The second kappa shape index (κ2) is 8.07. The zero-order chi connectivity index (χ0) is 18.4. The fourth-order valence-corrected chi connectivity index (χ4v) is 2.42. The summed E-state index contributed by atoms with van der Waals surface area (Å²) in [6, 6.07) is 19.7. The van der Waals surface area contributed by atoms with E-state index in [0.29, 0.717) is 23.4 Å². The number of anilines is 1. The maximum Gasteiger partial charge on any atom is 0.255 e. The molecule has 0 unspecified atom stereocenters. The lowest BCUT2D eigenvalue weighted by Gasteiger charge is -2.08. The molecule has 0 radical (unpaired) electrons. The Morgan fingerprint density at radius 1 is 0.885 bits per heavy atom. The third kappa shape index (κ3) is 4.54. The van der Waals surface area contributed by atoms with E-state index in [2.05, 4.69) is 15.6 Å². The van der Waals surface area contributed by atoms with Crippen molar-refractivity contribution in [1.82, 2.24) is 10.3 Å². The molecule has 1 heterocycles. The summed E-state index contributed by atoms with van der Waals surface area (Å²) in [5, 5.41) is 5.63. The quantitative estimate of drug-likeness (QED) is 0.742. The lowest BCUT2D eigenvalue weighted by atomic mass is 10.1. The predicted octanol–water partition coefficient (Wildman–Crippen LogP) is 3.57. The van der Waals surface area contributed by atoms with Gasteiger partial charge in [0.1, 0.15) is 0 Å². The van der Waals surface area contributed by atoms with E-state index in [1.165, 1.54) is 0 Å². The number of benzene rings is 2. The normalized spacial score (nSPS) is 10.2. The van der Waals surface area contributed by atoms with Crippen LogP contribution in [0.5, 0.6) is 0 Å². The highest BCUT2D eigenvalue weighted by Crippen LogP contribution is 2.12. The molecule has 0 aliphatic rings. The lowest BCUT2D eigenvalue weighted by molar-refractivity contribution is 0.0950. The summed E-state index contributed by atoms with van der Waals surface area (Å²) in [7, 11) is 0. The Hall–Kier alpha value is -3.47. The number of carbonyl (C=O) groups is 2. The van der Waals surface area contributed by atoms with Crippen LogP contribution in [0.25, 0.3) is 0 Å². The molecule has 2 amide bonds. The molecule has 0 fully saturated rings. The van der Waals surface area contributed by atoms with E-state index in [1.54, 1.807) is 30.5 Å². The molecule has 0 bridgehead atoms. The Kier molecular flexibility index (Phi) is 5.39. The highest BCUT2D eigenvalue weighted by molar-refractivity contribution is 6.06. The number of carbonyl (C=O) groups excluding carboxylic acids is 2. The third-order valence-electron chi connectivity index (χ3n) is 3.85. The second-order valence-corrected chi connectivity index (χ2v) is 5.90. The minimum absolute atomic E-state index is 0.249. The summed E-state index contributed by atoms with van der Waals surface area (Å²) < 4.78 is 0. The number of pyridine rings is 1. The van der Waals surface area contributed by atoms with E-state index >= 15 is 0 Å². The number of nitrogens with one attached hydrogen (secondary N) is 2. The maximum atomic E-state index is 12.4. The number of hydrogen-bond donors (Lipinski definition) is 2. The Morgan fingerprint density at radius 3 is 2.31 bits per heavy atom. The van der Waals surface area contributed by atoms with Crippen LogP contribution in [0.15, 0.2) is 72.9 Å². The SMILES string of the molecule is Cc1ccc(NC(=O)c2cccc(C(=O)NCc3ccccn3)c2)cc1. The number of hydrogen-bond acceptors (Lipinski definition) is 3. The molecule has 2 N–H and O–H groups in total. The number of nitrogens with zero attached hydrogens (tertiary/aromatic N) is 1. The number of rotatable bonds is 5. The van der Waals surface area contributed by atoms with Crippen LogP contribution < -0.4 is 10.6 Å². The second-order valence-electron chi connectivity index (χ2n) is 5.90. The molecular formula is C21H19N3O2. The molecule has 2 aromatic carbocycles. The number of aryl methyl sites for hydroxylation is 1. The van der Waals surface area contributed by atoms with E-state index in [-0.39, 0.29) is 11.8 Å². The minimum atomic E-state index is -0.256. The fourth-order valence-electron chi connectivity index (χ4n) is 2.42. The third-order valence-corrected chi connectivity index (χ3v) is 3.85. The van der Waals surface area contributed by atoms with Crippen LogP contribution in [0.4, 0.5) is 5.69 Å². The Balaban J connectivity index is 1.66.